The number of urea groups is 1. The molecule has 2 N–H and O–H groups in total. The van der Waals surface area contributed by atoms with Gasteiger partial charge in [0, 0.05) is 37.8 Å². The van der Waals surface area contributed by atoms with Gasteiger partial charge in [-0.05, 0) is 31.9 Å². The van der Waals surface area contributed by atoms with Crippen molar-refractivity contribution in [3.05, 3.63) is 29.8 Å². The largest absolute Gasteiger partial charge is 0.369 e. The van der Waals surface area contributed by atoms with Crippen LogP contribution >= 0.6 is 0 Å². The Bertz CT molecular complexity index is 665. The minimum atomic E-state index is -0.296. The SMILES string of the molecule is Cc1ccc(N2CCN(CC(=O)N3CCC(C(N)=O)CC3)C2=O)cc1. The summed E-state index contributed by atoms with van der Waals surface area (Å²) in [6.45, 7) is 4.26. The van der Waals surface area contributed by atoms with Crippen LogP contribution in [0.4, 0.5) is 10.5 Å². The maximum atomic E-state index is 12.6. The van der Waals surface area contributed by atoms with E-state index in [1.54, 1.807) is 14.7 Å². The van der Waals surface area contributed by atoms with Crippen LogP contribution in [0.15, 0.2) is 24.3 Å². The number of carbonyl (C=O) groups excluding carboxylic acids is 3. The molecule has 2 aliphatic rings. The lowest BCUT2D eigenvalue weighted by atomic mass is 9.96. The van der Waals surface area contributed by atoms with E-state index in [9.17, 15) is 14.4 Å². The highest BCUT2D eigenvalue weighted by atomic mass is 16.2. The second-order valence-electron chi connectivity index (χ2n) is 6.75. The zero-order valence-corrected chi connectivity index (χ0v) is 14.5. The van der Waals surface area contributed by atoms with Crippen LogP contribution in [0, 0.1) is 12.8 Å². The third-order valence-electron chi connectivity index (χ3n) is 5.02. The molecule has 0 unspecified atom stereocenters. The fraction of sp³-hybridized carbons (Fsp3) is 0.500. The molecule has 0 atom stereocenters. The Kier molecular flexibility index (Phi) is 4.92. The minimum absolute atomic E-state index is 0.0676. The summed E-state index contributed by atoms with van der Waals surface area (Å²) >= 11 is 0. The maximum Gasteiger partial charge on any atom is 0.325 e. The van der Waals surface area contributed by atoms with Gasteiger partial charge in [0.25, 0.3) is 0 Å². The standard InChI is InChI=1S/C18H24N4O3/c1-13-2-4-15(5-3-13)22-11-10-21(18(22)25)12-16(23)20-8-6-14(7-9-20)17(19)24/h2-5,14H,6-12H2,1H3,(H2,19,24). The third-order valence-corrected chi connectivity index (χ3v) is 5.02. The molecular formula is C18H24N4O3. The fourth-order valence-electron chi connectivity index (χ4n) is 3.37. The Morgan fingerprint density at radius 1 is 1.08 bits per heavy atom. The molecule has 7 heteroatoms. The Labute approximate surface area is 147 Å². The van der Waals surface area contributed by atoms with E-state index < -0.39 is 0 Å². The Morgan fingerprint density at radius 3 is 2.32 bits per heavy atom. The second-order valence-corrected chi connectivity index (χ2v) is 6.75. The first kappa shape index (κ1) is 17.3. The summed E-state index contributed by atoms with van der Waals surface area (Å²) in [6.07, 6.45) is 1.20. The number of likely N-dealkylation sites (tertiary alicyclic amines) is 1. The van der Waals surface area contributed by atoms with Crippen LogP contribution < -0.4 is 10.6 Å². The van der Waals surface area contributed by atoms with Gasteiger partial charge in [-0.15, -0.1) is 0 Å². The van der Waals surface area contributed by atoms with Crippen LogP contribution in [-0.2, 0) is 9.59 Å². The monoisotopic (exact) mass is 344 g/mol. The van der Waals surface area contributed by atoms with Gasteiger partial charge in [0.1, 0.15) is 6.54 Å². The Hall–Kier alpha value is -2.57. The number of piperidine rings is 1. The van der Waals surface area contributed by atoms with Crippen molar-refractivity contribution in [1.29, 1.82) is 0 Å². The lowest BCUT2D eigenvalue weighted by Gasteiger charge is -2.31. The van der Waals surface area contributed by atoms with Crippen LogP contribution in [0.1, 0.15) is 18.4 Å². The van der Waals surface area contributed by atoms with Crippen molar-refractivity contribution >= 4 is 23.5 Å². The fourth-order valence-corrected chi connectivity index (χ4v) is 3.37. The van der Waals surface area contributed by atoms with Gasteiger partial charge in [-0.25, -0.2) is 4.79 Å². The van der Waals surface area contributed by atoms with Crippen molar-refractivity contribution in [3.63, 3.8) is 0 Å². The summed E-state index contributed by atoms with van der Waals surface area (Å²) in [5.41, 5.74) is 7.31. The van der Waals surface area contributed by atoms with Crippen molar-refractivity contribution in [3.8, 4) is 0 Å². The molecule has 0 radical (unpaired) electrons. The van der Waals surface area contributed by atoms with Gasteiger partial charge in [0.05, 0.1) is 0 Å². The Morgan fingerprint density at radius 2 is 1.72 bits per heavy atom. The molecule has 2 fully saturated rings. The topological polar surface area (TPSA) is 86.9 Å². The molecule has 7 nitrogen and oxygen atoms in total. The van der Waals surface area contributed by atoms with Crippen molar-refractivity contribution in [2.24, 2.45) is 11.7 Å². The molecule has 0 aromatic heterocycles. The summed E-state index contributed by atoms with van der Waals surface area (Å²) < 4.78 is 0. The molecule has 2 aliphatic heterocycles. The number of amides is 4. The first-order valence-corrected chi connectivity index (χ1v) is 8.66. The van der Waals surface area contributed by atoms with Gasteiger partial charge in [-0.3, -0.25) is 14.5 Å². The van der Waals surface area contributed by atoms with E-state index in [0.29, 0.717) is 39.0 Å². The van der Waals surface area contributed by atoms with Crippen molar-refractivity contribution in [2.45, 2.75) is 19.8 Å². The predicted molar refractivity (Wildman–Crippen MR) is 94.0 cm³/mol. The quantitative estimate of drug-likeness (QED) is 0.882. The number of rotatable bonds is 4. The lowest BCUT2D eigenvalue weighted by molar-refractivity contribution is -0.135. The van der Waals surface area contributed by atoms with E-state index in [1.807, 2.05) is 31.2 Å². The summed E-state index contributed by atoms with van der Waals surface area (Å²) in [7, 11) is 0. The second kappa shape index (κ2) is 7.13. The molecule has 25 heavy (non-hydrogen) atoms. The summed E-state index contributed by atoms with van der Waals surface area (Å²) in [5, 5.41) is 0. The van der Waals surface area contributed by atoms with Crippen LogP contribution in [0.5, 0.6) is 0 Å². The number of nitrogens with two attached hydrogens (primary N) is 1. The summed E-state index contributed by atoms with van der Waals surface area (Å²) in [6, 6.07) is 7.66. The maximum absolute atomic E-state index is 12.6. The van der Waals surface area contributed by atoms with E-state index >= 15 is 0 Å². The zero-order chi connectivity index (χ0) is 18.0. The predicted octanol–water partition coefficient (Wildman–Crippen LogP) is 0.961. The van der Waals surface area contributed by atoms with Crippen molar-refractivity contribution < 1.29 is 14.4 Å². The highest BCUT2D eigenvalue weighted by molar-refractivity contribution is 5.96. The number of hydrogen-bond acceptors (Lipinski definition) is 3. The van der Waals surface area contributed by atoms with Crippen molar-refractivity contribution in [2.75, 3.05) is 37.6 Å². The van der Waals surface area contributed by atoms with Gasteiger partial charge in [0.15, 0.2) is 0 Å². The molecule has 134 valence electrons. The van der Waals surface area contributed by atoms with Crippen LogP contribution in [0.2, 0.25) is 0 Å². The van der Waals surface area contributed by atoms with E-state index in [0.717, 1.165) is 11.3 Å². The highest BCUT2D eigenvalue weighted by Crippen LogP contribution is 2.21. The van der Waals surface area contributed by atoms with Crippen LogP contribution in [0.25, 0.3) is 0 Å². The first-order chi connectivity index (χ1) is 12.0. The summed E-state index contributed by atoms with van der Waals surface area (Å²) in [5.74, 6) is -0.507. The average Bonchev–Trinajstić information content (AvgIpc) is 2.96. The number of aryl methyl sites for hydroxylation is 1. The van der Waals surface area contributed by atoms with Gasteiger partial charge in [-0.2, -0.15) is 0 Å². The van der Waals surface area contributed by atoms with Gasteiger partial charge in [-0.1, -0.05) is 17.7 Å². The lowest BCUT2D eigenvalue weighted by Crippen LogP contribution is -2.46. The molecule has 0 saturated carbocycles. The molecule has 2 saturated heterocycles. The van der Waals surface area contributed by atoms with Crippen LogP contribution in [0.3, 0.4) is 0 Å². The van der Waals surface area contributed by atoms with Crippen LogP contribution in [-0.4, -0.2) is 60.4 Å². The number of benzene rings is 1. The van der Waals surface area contributed by atoms with Gasteiger partial charge < -0.3 is 15.5 Å². The zero-order valence-electron chi connectivity index (χ0n) is 14.5. The van der Waals surface area contributed by atoms with Crippen molar-refractivity contribution in [1.82, 2.24) is 9.80 Å². The van der Waals surface area contributed by atoms with Gasteiger partial charge in [0.2, 0.25) is 11.8 Å². The first-order valence-electron chi connectivity index (χ1n) is 8.66. The molecule has 0 aliphatic carbocycles. The summed E-state index contributed by atoms with van der Waals surface area (Å²) in [4.78, 5) is 41.2. The van der Waals surface area contributed by atoms with E-state index in [-0.39, 0.29) is 30.3 Å². The molecule has 0 bridgehead atoms. The molecule has 0 spiro atoms. The molecule has 1 aromatic carbocycles. The average molecular weight is 344 g/mol. The number of carbonyl (C=O) groups is 3. The molecule has 2 heterocycles. The smallest absolute Gasteiger partial charge is 0.325 e. The molecule has 3 rings (SSSR count). The number of primary amides is 1. The number of anilines is 1. The van der Waals surface area contributed by atoms with E-state index in [1.165, 1.54) is 0 Å². The molecule has 1 aromatic rings. The molecular weight excluding hydrogens is 320 g/mol. The number of nitrogens with zero attached hydrogens (tertiary/aromatic N) is 3. The van der Waals surface area contributed by atoms with E-state index in [4.69, 9.17) is 5.73 Å². The highest BCUT2D eigenvalue weighted by Gasteiger charge is 2.33. The molecule has 4 amide bonds. The normalized spacial score (nSPS) is 18.8. The Balaban J connectivity index is 1.55. The minimum Gasteiger partial charge on any atom is -0.369 e. The van der Waals surface area contributed by atoms with Gasteiger partial charge >= 0.3 is 6.03 Å². The van der Waals surface area contributed by atoms with E-state index in [2.05, 4.69) is 0 Å². The third kappa shape index (κ3) is 3.75. The number of hydrogen-bond donors (Lipinski definition) is 1.